The second-order valence-corrected chi connectivity index (χ2v) is 6.86. The monoisotopic (exact) mass is 368 g/mol. The molecule has 1 aromatic heterocycles. The molecule has 27 heavy (non-hydrogen) atoms. The zero-order valence-electron chi connectivity index (χ0n) is 15.5. The molecule has 142 valence electrons. The first-order valence-electron chi connectivity index (χ1n) is 9.51. The van der Waals surface area contributed by atoms with Crippen LogP contribution in [-0.4, -0.2) is 40.2 Å². The van der Waals surface area contributed by atoms with Crippen LogP contribution in [0, 0.1) is 0 Å². The van der Waals surface area contributed by atoms with E-state index in [9.17, 15) is 4.79 Å². The van der Waals surface area contributed by atoms with Crippen LogP contribution in [0.25, 0.3) is 0 Å². The first-order valence-corrected chi connectivity index (χ1v) is 9.51. The summed E-state index contributed by atoms with van der Waals surface area (Å²) in [7, 11) is 0. The normalized spacial score (nSPS) is 18.4. The Bertz CT molecular complexity index is 827. The number of nitrogens with zero attached hydrogens (tertiary/aromatic N) is 3. The van der Waals surface area contributed by atoms with E-state index < -0.39 is 0 Å². The molecule has 0 aliphatic carbocycles. The van der Waals surface area contributed by atoms with E-state index >= 15 is 0 Å². The molecular weight excluding hydrogens is 344 g/mol. The van der Waals surface area contributed by atoms with E-state index in [2.05, 4.69) is 22.2 Å². The molecule has 1 aromatic carbocycles. The molecule has 4 rings (SSSR count). The molecule has 7 nitrogen and oxygen atoms in total. The quantitative estimate of drug-likeness (QED) is 0.873. The summed E-state index contributed by atoms with van der Waals surface area (Å²) in [5.74, 6) is 1.95. The summed E-state index contributed by atoms with van der Waals surface area (Å²) in [4.78, 5) is 23.5. The van der Waals surface area contributed by atoms with Gasteiger partial charge in [-0.15, -0.1) is 0 Å². The number of amides is 1. The average Bonchev–Trinajstić information content (AvgIpc) is 3.20. The van der Waals surface area contributed by atoms with Gasteiger partial charge < -0.3 is 19.7 Å². The van der Waals surface area contributed by atoms with E-state index in [1.165, 1.54) is 6.42 Å². The van der Waals surface area contributed by atoms with Crippen LogP contribution in [0.5, 0.6) is 11.5 Å². The Balaban J connectivity index is 1.43. The fraction of sp³-hybridized carbons (Fsp3) is 0.450. The smallest absolute Gasteiger partial charge is 0.272 e. The highest BCUT2D eigenvalue weighted by Crippen LogP contribution is 2.32. The number of anilines is 1. The topological polar surface area (TPSA) is 76.6 Å². The average molecular weight is 368 g/mol. The van der Waals surface area contributed by atoms with E-state index in [4.69, 9.17) is 9.47 Å². The SMILES string of the molecule is CCC1CCCCN1C(=O)c1ccnc(NCc2ccc3c(c2)OCO3)n1. The molecule has 0 radical (unpaired) electrons. The number of carbonyl (C=O) groups is 1. The molecule has 2 aromatic rings. The Hall–Kier alpha value is -2.83. The number of piperidine rings is 1. The number of carbonyl (C=O) groups excluding carboxylic acids is 1. The number of ether oxygens (including phenoxy) is 2. The van der Waals surface area contributed by atoms with Gasteiger partial charge in [0.1, 0.15) is 5.69 Å². The third-order valence-electron chi connectivity index (χ3n) is 5.12. The highest BCUT2D eigenvalue weighted by Gasteiger charge is 2.27. The van der Waals surface area contributed by atoms with Crippen molar-refractivity contribution in [2.75, 3.05) is 18.7 Å². The van der Waals surface area contributed by atoms with Crippen molar-refractivity contribution in [2.45, 2.75) is 45.2 Å². The molecule has 3 heterocycles. The minimum Gasteiger partial charge on any atom is -0.454 e. The highest BCUT2D eigenvalue weighted by atomic mass is 16.7. The van der Waals surface area contributed by atoms with Crippen LogP contribution < -0.4 is 14.8 Å². The van der Waals surface area contributed by atoms with Gasteiger partial charge in [-0.2, -0.15) is 0 Å². The number of rotatable bonds is 5. The van der Waals surface area contributed by atoms with Gasteiger partial charge in [0, 0.05) is 25.3 Å². The first-order chi connectivity index (χ1) is 13.2. The number of hydrogen-bond donors (Lipinski definition) is 1. The fourth-order valence-electron chi connectivity index (χ4n) is 3.63. The Morgan fingerprint density at radius 1 is 1.26 bits per heavy atom. The molecular formula is C20H24N4O3. The van der Waals surface area contributed by atoms with Crippen LogP contribution in [0.15, 0.2) is 30.5 Å². The predicted molar refractivity (Wildman–Crippen MR) is 101 cm³/mol. The van der Waals surface area contributed by atoms with Crippen molar-refractivity contribution in [3.8, 4) is 11.5 Å². The first kappa shape index (κ1) is 17.6. The second-order valence-electron chi connectivity index (χ2n) is 6.86. The predicted octanol–water partition coefficient (Wildman–Crippen LogP) is 3.22. The van der Waals surface area contributed by atoms with Crippen LogP contribution >= 0.6 is 0 Å². The number of hydrogen-bond acceptors (Lipinski definition) is 6. The summed E-state index contributed by atoms with van der Waals surface area (Å²) < 4.78 is 10.7. The van der Waals surface area contributed by atoms with Crippen molar-refractivity contribution in [1.82, 2.24) is 14.9 Å². The van der Waals surface area contributed by atoms with Gasteiger partial charge in [0.05, 0.1) is 0 Å². The van der Waals surface area contributed by atoms with Crippen LogP contribution in [0.2, 0.25) is 0 Å². The molecule has 0 spiro atoms. The lowest BCUT2D eigenvalue weighted by atomic mass is 9.99. The zero-order chi connectivity index (χ0) is 18.6. The minimum atomic E-state index is -0.00456. The van der Waals surface area contributed by atoms with E-state index in [0.717, 1.165) is 42.9 Å². The van der Waals surface area contributed by atoms with Gasteiger partial charge >= 0.3 is 0 Å². The Morgan fingerprint density at radius 2 is 2.15 bits per heavy atom. The molecule has 2 aliphatic heterocycles. The molecule has 1 amide bonds. The molecule has 1 N–H and O–H groups in total. The van der Waals surface area contributed by atoms with Gasteiger partial charge in [-0.1, -0.05) is 13.0 Å². The fourth-order valence-corrected chi connectivity index (χ4v) is 3.63. The molecule has 1 saturated heterocycles. The minimum absolute atomic E-state index is 0.00456. The lowest BCUT2D eigenvalue weighted by Crippen LogP contribution is -2.43. The molecule has 7 heteroatoms. The van der Waals surface area contributed by atoms with E-state index in [-0.39, 0.29) is 12.7 Å². The maximum atomic E-state index is 12.9. The number of nitrogens with one attached hydrogen (secondary N) is 1. The lowest BCUT2D eigenvalue weighted by Gasteiger charge is -2.35. The van der Waals surface area contributed by atoms with Crippen molar-refractivity contribution in [3.63, 3.8) is 0 Å². The van der Waals surface area contributed by atoms with Gasteiger partial charge in [-0.25, -0.2) is 9.97 Å². The van der Waals surface area contributed by atoms with Gasteiger partial charge in [0.2, 0.25) is 12.7 Å². The van der Waals surface area contributed by atoms with E-state index in [1.807, 2.05) is 23.1 Å². The largest absolute Gasteiger partial charge is 0.454 e. The molecule has 1 unspecified atom stereocenters. The summed E-state index contributed by atoms with van der Waals surface area (Å²) in [5, 5.41) is 3.19. The Labute approximate surface area is 158 Å². The van der Waals surface area contributed by atoms with Crippen molar-refractivity contribution >= 4 is 11.9 Å². The van der Waals surface area contributed by atoms with Crippen LogP contribution in [0.3, 0.4) is 0 Å². The van der Waals surface area contributed by atoms with Gasteiger partial charge in [-0.3, -0.25) is 4.79 Å². The molecule has 0 bridgehead atoms. The third kappa shape index (κ3) is 3.82. The van der Waals surface area contributed by atoms with Gasteiger partial charge in [0.25, 0.3) is 5.91 Å². The number of benzene rings is 1. The number of aromatic nitrogens is 2. The van der Waals surface area contributed by atoms with Crippen LogP contribution in [0.1, 0.15) is 48.7 Å². The maximum Gasteiger partial charge on any atom is 0.272 e. The second kappa shape index (κ2) is 7.82. The molecule has 1 fully saturated rings. The van der Waals surface area contributed by atoms with Crippen molar-refractivity contribution in [3.05, 3.63) is 41.7 Å². The molecule has 1 atom stereocenters. The van der Waals surface area contributed by atoms with Crippen molar-refractivity contribution in [1.29, 1.82) is 0 Å². The molecule has 2 aliphatic rings. The number of fused-ring (bicyclic) bond motifs is 1. The summed E-state index contributed by atoms with van der Waals surface area (Å²) in [5.41, 5.74) is 1.47. The Morgan fingerprint density at radius 3 is 3.04 bits per heavy atom. The van der Waals surface area contributed by atoms with E-state index in [0.29, 0.717) is 24.2 Å². The van der Waals surface area contributed by atoms with Gasteiger partial charge in [0.15, 0.2) is 11.5 Å². The Kier molecular flexibility index (Phi) is 5.09. The van der Waals surface area contributed by atoms with Gasteiger partial charge in [-0.05, 0) is 49.4 Å². The summed E-state index contributed by atoms with van der Waals surface area (Å²) in [6, 6.07) is 7.79. The zero-order valence-corrected chi connectivity index (χ0v) is 15.5. The standard InChI is InChI=1S/C20H24N4O3/c1-2-15-5-3-4-10-24(15)19(25)16-8-9-21-20(23-16)22-12-14-6-7-17-18(11-14)27-13-26-17/h6-9,11,15H,2-5,10,12-13H2,1H3,(H,21,22,23). The van der Waals surface area contributed by atoms with Crippen LogP contribution in [-0.2, 0) is 6.54 Å². The third-order valence-corrected chi connectivity index (χ3v) is 5.12. The van der Waals surface area contributed by atoms with E-state index in [1.54, 1.807) is 12.3 Å². The lowest BCUT2D eigenvalue weighted by molar-refractivity contribution is 0.0602. The maximum absolute atomic E-state index is 12.9. The van der Waals surface area contributed by atoms with Crippen LogP contribution in [0.4, 0.5) is 5.95 Å². The summed E-state index contributed by atoms with van der Waals surface area (Å²) in [6.45, 7) is 3.74. The van der Waals surface area contributed by atoms with Crippen molar-refractivity contribution in [2.24, 2.45) is 0 Å². The highest BCUT2D eigenvalue weighted by molar-refractivity contribution is 5.92. The van der Waals surface area contributed by atoms with Crippen molar-refractivity contribution < 1.29 is 14.3 Å². The summed E-state index contributed by atoms with van der Waals surface area (Å²) in [6.07, 6.45) is 5.93. The summed E-state index contributed by atoms with van der Waals surface area (Å²) >= 11 is 0. The molecule has 0 saturated carbocycles. The number of likely N-dealkylation sites (tertiary alicyclic amines) is 1.